The second kappa shape index (κ2) is 8.86. The zero-order valence-electron chi connectivity index (χ0n) is 17.9. The van der Waals surface area contributed by atoms with Crippen molar-refractivity contribution in [3.8, 4) is 6.07 Å². The van der Waals surface area contributed by atoms with Crippen molar-refractivity contribution in [2.45, 2.75) is 31.5 Å². The molecule has 5 rings (SSSR count). The van der Waals surface area contributed by atoms with Gasteiger partial charge in [0, 0.05) is 36.9 Å². The topological polar surface area (TPSA) is 59.4 Å². The van der Waals surface area contributed by atoms with Crippen molar-refractivity contribution in [1.82, 2.24) is 9.80 Å². The first-order chi connectivity index (χ1) is 15.7. The van der Waals surface area contributed by atoms with Gasteiger partial charge >= 0.3 is 6.03 Å². The summed E-state index contributed by atoms with van der Waals surface area (Å²) >= 11 is 0. The largest absolute Gasteiger partial charge is 0.322 e. The van der Waals surface area contributed by atoms with Crippen LogP contribution in [0.4, 0.5) is 10.5 Å². The van der Waals surface area contributed by atoms with Crippen LogP contribution < -0.4 is 5.32 Å². The first kappa shape index (κ1) is 20.3. The summed E-state index contributed by atoms with van der Waals surface area (Å²) in [6.07, 6.45) is 1.82. The van der Waals surface area contributed by atoms with E-state index in [1.165, 1.54) is 0 Å². The van der Waals surface area contributed by atoms with Gasteiger partial charge in [-0.2, -0.15) is 5.26 Å². The number of carbonyl (C=O) groups is 1. The van der Waals surface area contributed by atoms with Crippen LogP contribution in [0, 0.1) is 11.3 Å². The summed E-state index contributed by atoms with van der Waals surface area (Å²) in [4.78, 5) is 17.7. The van der Waals surface area contributed by atoms with E-state index in [1.54, 1.807) is 0 Å². The Bertz CT molecular complexity index is 1150. The first-order valence-corrected chi connectivity index (χ1v) is 11.2. The van der Waals surface area contributed by atoms with Crippen molar-refractivity contribution in [2.75, 3.05) is 18.4 Å². The van der Waals surface area contributed by atoms with Gasteiger partial charge in [-0.25, -0.2) is 4.79 Å². The number of benzene rings is 3. The van der Waals surface area contributed by atoms with Crippen LogP contribution in [-0.4, -0.2) is 35.0 Å². The van der Waals surface area contributed by atoms with Crippen LogP contribution in [0.5, 0.6) is 0 Å². The molecule has 2 aliphatic rings. The Hall–Kier alpha value is -3.62. The van der Waals surface area contributed by atoms with Crippen LogP contribution >= 0.6 is 0 Å². The van der Waals surface area contributed by atoms with Crippen LogP contribution in [0.3, 0.4) is 0 Å². The lowest BCUT2D eigenvalue weighted by Crippen LogP contribution is -2.52. The highest BCUT2D eigenvalue weighted by atomic mass is 16.2. The molecule has 0 bridgehead atoms. The smallest absolute Gasteiger partial charge is 0.310 e. The van der Waals surface area contributed by atoms with Gasteiger partial charge in [0.1, 0.15) is 0 Å². The molecule has 5 nitrogen and oxygen atoms in total. The third-order valence-corrected chi connectivity index (χ3v) is 6.61. The van der Waals surface area contributed by atoms with Crippen LogP contribution in [0.2, 0.25) is 0 Å². The SMILES string of the molecule is N#Cc1ccccc1CN1CCC(N2C(=O)Nc3ccccc3C2c2ccccc2)CC1. The number of nitrogens with one attached hydrogen (secondary N) is 1. The first-order valence-electron chi connectivity index (χ1n) is 11.2. The maximum Gasteiger partial charge on any atom is 0.322 e. The summed E-state index contributed by atoms with van der Waals surface area (Å²) in [5.74, 6) is 0. The predicted octanol–water partition coefficient (Wildman–Crippen LogP) is 5.16. The van der Waals surface area contributed by atoms with Crippen LogP contribution in [0.1, 0.15) is 41.1 Å². The molecule has 0 aliphatic carbocycles. The van der Waals surface area contributed by atoms with Crippen molar-refractivity contribution in [3.63, 3.8) is 0 Å². The number of nitriles is 1. The summed E-state index contributed by atoms with van der Waals surface area (Å²) in [6.45, 7) is 2.57. The van der Waals surface area contributed by atoms with Crippen molar-refractivity contribution in [1.29, 1.82) is 5.26 Å². The molecule has 1 unspecified atom stereocenters. The molecule has 1 atom stereocenters. The Morgan fingerprint density at radius 2 is 1.59 bits per heavy atom. The maximum atomic E-state index is 13.3. The van der Waals surface area contributed by atoms with Gasteiger partial charge in [0.2, 0.25) is 0 Å². The molecule has 2 amide bonds. The van der Waals surface area contributed by atoms with Crippen LogP contribution in [0.25, 0.3) is 0 Å². The zero-order chi connectivity index (χ0) is 21.9. The van der Waals surface area contributed by atoms with Gasteiger partial charge in [-0.15, -0.1) is 0 Å². The summed E-state index contributed by atoms with van der Waals surface area (Å²) in [5.41, 5.74) is 4.99. The van der Waals surface area contributed by atoms with Crippen LogP contribution in [-0.2, 0) is 6.54 Å². The highest BCUT2D eigenvalue weighted by Gasteiger charge is 2.39. The third kappa shape index (κ3) is 3.86. The molecule has 5 heteroatoms. The van der Waals surface area contributed by atoms with Gasteiger partial charge in [0.25, 0.3) is 0 Å². The molecule has 2 heterocycles. The van der Waals surface area contributed by atoms with E-state index in [1.807, 2.05) is 60.7 Å². The van der Waals surface area contributed by atoms with Gasteiger partial charge in [-0.05, 0) is 36.1 Å². The molecule has 0 spiro atoms. The molecule has 3 aromatic rings. The highest BCUT2D eigenvalue weighted by Crippen LogP contribution is 2.40. The molecule has 1 N–H and O–H groups in total. The number of anilines is 1. The number of amides is 2. The minimum Gasteiger partial charge on any atom is -0.310 e. The molecule has 2 aliphatic heterocycles. The number of likely N-dealkylation sites (tertiary alicyclic amines) is 1. The number of hydrogen-bond acceptors (Lipinski definition) is 3. The standard InChI is InChI=1S/C27H26N4O/c28-18-21-10-4-5-11-22(21)19-30-16-14-23(15-17-30)31-26(20-8-2-1-3-9-20)24-12-6-7-13-25(24)29-27(31)32/h1-13,23,26H,14-17,19H2,(H,29,32). The normalized spacial score (nSPS) is 19.2. The summed E-state index contributed by atoms with van der Waals surface area (Å²) in [7, 11) is 0. The van der Waals surface area contributed by atoms with E-state index in [0.717, 1.165) is 60.4 Å². The number of nitrogens with zero attached hydrogens (tertiary/aromatic N) is 3. The van der Waals surface area contributed by atoms with Crippen molar-refractivity contribution in [3.05, 3.63) is 101 Å². The molecule has 32 heavy (non-hydrogen) atoms. The number of fused-ring (bicyclic) bond motifs is 1. The molecule has 1 fully saturated rings. The lowest BCUT2D eigenvalue weighted by atomic mass is 9.90. The van der Waals surface area contributed by atoms with E-state index in [0.29, 0.717) is 0 Å². The minimum absolute atomic E-state index is 0.0224. The summed E-state index contributed by atoms with van der Waals surface area (Å²) in [6, 6.07) is 28.6. The average Bonchev–Trinajstić information content (AvgIpc) is 2.85. The van der Waals surface area contributed by atoms with Gasteiger partial charge in [0.05, 0.1) is 17.7 Å². The Labute approximate surface area is 188 Å². The minimum atomic E-state index is -0.0861. The summed E-state index contributed by atoms with van der Waals surface area (Å²) in [5, 5.41) is 12.5. The fourth-order valence-electron chi connectivity index (χ4n) is 5.01. The fourth-order valence-corrected chi connectivity index (χ4v) is 5.01. The van der Waals surface area contributed by atoms with E-state index in [9.17, 15) is 10.1 Å². The number of hydrogen-bond donors (Lipinski definition) is 1. The fraction of sp³-hybridized carbons (Fsp3) is 0.259. The molecule has 3 aromatic carbocycles. The van der Waals surface area contributed by atoms with E-state index in [2.05, 4.69) is 39.4 Å². The summed E-state index contributed by atoms with van der Waals surface area (Å²) < 4.78 is 0. The van der Waals surface area contributed by atoms with E-state index >= 15 is 0 Å². The Morgan fingerprint density at radius 1 is 0.906 bits per heavy atom. The molecular formula is C27H26N4O. The Morgan fingerprint density at radius 3 is 2.38 bits per heavy atom. The van der Waals surface area contributed by atoms with Crippen molar-refractivity contribution < 1.29 is 4.79 Å². The number of urea groups is 1. The second-order valence-electron chi connectivity index (χ2n) is 8.51. The van der Waals surface area contributed by atoms with E-state index < -0.39 is 0 Å². The maximum absolute atomic E-state index is 13.3. The number of piperidine rings is 1. The van der Waals surface area contributed by atoms with Gasteiger partial charge in [-0.1, -0.05) is 66.7 Å². The third-order valence-electron chi connectivity index (χ3n) is 6.61. The Kier molecular flexibility index (Phi) is 5.62. The lowest BCUT2D eigenvalue weighted by Gasteiger charge is -2.45. The quantitative estimate of drug-likeness (QED) is 0.632. The molecular weight excluding hydrogens is 396 g/mol. The molecule has 160 valence electrons. The number of para-hydroxylation sites is 1. The monoisotopic (exact) mass is 422 g/mol. The molecule has 1 saturated heterocycles. The van der Waals surface area contributed by atoms with Crippen molar-refractivity contribution >= 4 is 11.7 Å². The zero-order valence-corrected chi connectivity index (χ0v) is 17.9. The highest BCUT2D eigenvalue weighted by molar-refractivity contribution is 5.93. The van der Waals surface area contributed by atoms with Gasteiger partial charge < -0.3 is 10.2 Å². The van der Waals surface area contributed by atoms with Crippen molar-refractivity contribution in [2.24, 2.45) is 0 Å². The number of rotatable bonds is 4. The molecule has 0 saturated carbocycles. The molecule has 0 radical (unpaired) electrons. The van der Waals surface area contributed by atoms with E-state index in [4.69, 9.17) is 0 Å². The number of carbonyl (C=O) groups excluding carboxylic acids is 1. The van der Waals surface area contributed by atoms with E-state index in [-0.39, 0.29) is 18.1 Å². The predicted molar refractivity (Wildman–Crippen MR) is 125 cm³/mol. The van der Waals surface area contributed by atoms with Gasteiger partial charge in [0.15, 0.2) is 0 Å². The second-order valence-corrected chi connectivity index (χ2v) is 8.51. The van der Waals surface area contributed by atoms with Crippen LogP contribution in [0.15, 0.2) is 78.9 Å². The lowest BCUT2D eigenvalue weighted by molar-refractivity contribution is 0.106. The Balaban J connectivity index is 1.37. The van der Waals surface area contributed by atoms with Gasteiger partial charge in [-0.3, -0.25) is 4.90 Å². The average molecular weight is 423 g/mol. The molecule has 0 aromatic heterocycles.